The first kappa shape index (κ1) is 14.5. The maximum atomic E-state index is 12.4. The number of benzene rings is 2. The largest absolute Gasteiger partial charge is 0.465 e. The summed E-state index contributed by atoms with van der Waals surface area (Å²) in [6, 6.07) is 14.2. The van der Waals surface area contributed by atoms with Crippen molar-refractivity contribution in [2.75, 3.05) is 12.0 Å². The normalized spacial score (nSPS) is 12.6. The number of carbonyl (C=O) groups is 2. The molecule has 5 heteroatoms. The molecule has 0 bridgehead atoms. The van der Waals surface area contributed by atoms with Gasteiger partial charge >= 0.3 is 5.97 Å². The topological polar surface area (TPSA) is 46.4 Å². The van der Waals surface area contributed by atoms with E-state index in [1.165, 1.54) is 7.11 Å². The molecule has 1 aliphatic rings. The molecule has 0 aromatic heterocycles. The summed E-state index contributed by atoms with van der Waals surface area (Å²) in [5.74, 6) is -0.456. The molecule has 3 rings (SSSR count). The standard InChI is InChI=1S/C17H12BrNO3/c1-22-17(21)12-7-8-13(18)14(9-12)19-10-15(19)16(20)11-5-3-2-4-6-11/h2-10H,1H3. The Balaban J connectivity index is 1.83. The minimum atomic E-state index is -0.411. The molecule has 0 radical (unpaired) electrons. The summed E-state index contributed by atoms with van der Waals surface area (Å²) in [6.07, 6.45) is 1.75. The molecular weight excluding hydrogens is 346 g/mol. The third-order valence-corrected chi connectivity index (χ3v) is 4.01. The summed E-state index contributed by atoms with van der Waals surface area (Å²) in [7, 11) is 1.34. The fraction of sp³-hybridized carbons (Fsp3) is 0.0588. The Hall–Kier alpha value is -2.40. The van der Waals surface area contributed by atoms with Gasteiger partial charge in [-0.05, 0) is 34.1 Å². The van der Waals surface area contributed by atoms with Gasteiger partial charge in [0.05, 0.1) is 18.4 Å². The zero-order valence-corrected chi connectivity index (χ0v) is 13.3. The molecule has 4 nitrogen and oxygen atoms in total. The molecule has 0 amide bonds. The number of carbonyl (C=O) groups excluding carboxylic acids is 2. The summed E-state index contributed by atoms with van der Waals surface area (Å²) in [6.45, 7) is 0. The van der Waals surface area contributed by atoms with Gasteiger partial charge < -0.3 is 9.64 Å². The number of anilines is 1. The van der Waals surface area contributed by atoms with Crippen LogP contribution in [0.2, 0.25) is 0 Å². The molecule has 1 aliphatic heterocycles. The molecule has 1 heterocycles. The molecule has 110 valence electrons. The minimum absolute atomic E-state index is 0.0454. The van der Waals surface area contributed by atoms with Crippen LogP contribution in [0.5, 0.6) is 0 Å². The zero-order chi connectivity index (χ0) is 15.7. The number of nitrogens with zero attached hydrogens (tertiary/aromatic N) is 1. The monoisotopic (exact) mass is 357 g/mol. The average molecular weight is 358 g/mol. The van der Waals surface area contributed by atoms with Crippen LogP contribution in [0.15, 0.2) is 64.9 Å². The molecule has 0 saturated heterocycles. The number of Topliss-reactive ketones (excluding diaryl/α,β-unsaturated/α-hetero) is 1. The van der Waals surface area contributed by atoms with Crippen molar-refractivity contribution in [3.8, 4) is 0 Å². The lowest BCUT2D eigenvalue weighted by molar-refractivity contribution is 0.0600. The summed E-state index contributed by atoms with van der Waals surface area (Å²) in [5.41, 5.74) is 2.40. The Morgan fingerprint density at radius 1 is 1.05 bits per heavy atom. The van der Waals surface area contributed by atoms with Crippen LogP contribution in [-0.4, -0.2) is 18.9 Å². The zero-order valence-electron chi connectivity index (χ0n) is 11.7. The maximum absolute atomic E-state index is 12.4. The van der Waals surface area contributed by atoms with E-state index in [1.54, 1.807) is 41.4 Å². The highest BCUT2D eigenvalue weighted by atomic mass is 79.9. The average Bonchev–Trinajstić information content (AvgIpc) is 3.35. The van der Waals surface area contributed by atoms with Crippen LogP contribution in [0.25, 0.3) is 0 Å². The van der Waals surface area contributed by atoms with Crippen molar-refractivity contribution in [3.05, 3.63) is 76.0 Å². The minimum Gasteiger partial charge on any atom is -0.465 e. The highest BCUT2D eigenvalue weighted by Gasteiger charge is 2.31. The third-order valence-electron chi connectivity index (χ3n) is 3.34. The molecule has 0 spiro atoms. The Bertz CT molecular complexity index is 784. The number of ether oxygens (including phenoxy) is 1. The number of halogens is 1. The van der Waals surface area contributed by atoms with E-state index in [0.717, 1.165) is 10.2 Å². The van der Waals surface area contributed by atoms with Gasteiger partial charge in [-0.1, -0.05) is 30.3 Å². The molecular formula is C17H12BrNO3. The van der Waals surface area contributed by atoms with Crippen molar-refractivity contribution in [2.24, 2.45) is 0 Å². The maximum Gasteiger partial charge on any atom is 0.337 e. The first-order chi connectivity index (χ1) is 10.6. The molecule has 22 heavy (non-hydrogen) atoms. The van der Waals surface area contributed by atoms with Crippen LogP contribution in [0.4, 0.5) is 5.69 Å². The van der Waals surface area contributed by atoms with Crippen molar-refractivity contribution in [1.29, 1.82) is 0 Å². The third kappa shape index (κ3) is 2.67. The van der Waals surface area contributed by atoms with Gasteiger partial charge in [0, 0.05) is 16.2 Å². The number of rotatable bonds is 4. The van der Waals surface area contributed by atoms with E-state index in [1.807, 2.05) is 18.2 Å². The van der Waals surface area contributed by atoms with Gasteiger partial charge in [-0.15, -0.1) is 0 Å². The van der Waals surface area contributed by atoms with Gasteiger partial charge in [0.2, 0.25) is 5.78 Å². The van der Waals surface area contributed by atoms with Crippen LogP contribution >= 0.6 is 15.9 Å². The second-order valence-electron chi connectivity index (χ2n) is 4.74. The van der Waals surface area contributed by atoms with Crippen LogP contribution in [0.1, 0.15) is 20.7 Å². The molecule has 0 unspecified atom stereocenters. The molecule has 0 atom stereocenters. The lowest BCUT2D eigenvalue weighted by atomic mass is 10.1. The van der Waals surface area contributed by atoms with Crippen LogP contribution in [-0.2, 0) is 4.74 Å². The van der Waals surface area contributed by atoms with E-state index in [4.69, 9.17) is 4.74 Å². The molecule has 0 aliphatic carbocycles. The molecule has 0 N–H and O–H groups in total. The van der Waals surface area contributed by atoms with Gasteiger partial charge in [0.25, 0.3) is 0 Å². The van der Waals surface area contributed by atoms with Gasteiger partial charge in [-0.3, -0.25) is 4.79 Å². The number of esters is 1. The lowest BCUT2D eigenvalue weighted by Gasteiger charge is -2.10. The van der Waals surface area contributed by atoms with E-state index in [-0.39, 0.29) is 5.78 Å². The number of allylic oxidation sites excluding steroid dienone is 1. The van der Waals surface area contributed by atoms with Crippen molar-refractivity contribution < 1.29 is 14.3 Å². The second kappa shape index (κ2) is 5.77. The van der Waals surface area contributed by atoms with E-state index in [0.29, 0.717) is 16.8 Å². The van der Waals surface area contributed by atoms with Gasteiger partial charge in [0.1, 0.15) is 5.70 Å². The first-order valence-electron chi connectivity index (χ1n) is 6.60. The molecule has 0 fully saturated rings. The highest BCUT2D eigenvalue weighted by molar-refractivity contribution is 9.10. The Morgan fingerprint density at radius 3 is 2.45 bits per heavy atom. The van der Waals surface area contributed by atoms with E-state index < -0.39 is 5.97 Å². The Labute approximate surface area is 136 Å². The molecule has 2 aromatic carbocycles. The highest BCUT2D eigenvalue weighted by Crippen LogP contribution is 2.38. The Morgan fingerprint density at radius 2 is 1.77 bits per heavy atom. The number of methoxy groups -OCH3 is 1. The van der Waals surface area contributed by atoms with Gasteiger partial charge in [0.15, 0.2) is 0 Å². The smallest absolute Gasteiger partial charge is 0.337 e. The number of hydrogen-bond acceptors (Lipinski definition) is 4. The quantitative estimate of drug-likeness (QED) is 0.617. The van der Waals surface area contributed by atoms with Crippen LogP contribution in [0.3, 0.4) is 0 Å². The predicted molar refractivity (Wildman–Crippen MR) is 86.8 cm³/mol. The van der Waals surface area contributed by atoms with Crippen LogP contribution < -0.4 is 4.90 Å². The predicted octanol–water partition coefficient (Wildman–Crippen LogP) is 3.78. The summed E-state index contributed by atoms with van der Waals surface area (Å²) >= 11 is 3.44. The first-order valence-corrected chi connectivity index (χ1v) is 7.40. The van der Waals surface area contributed by atoms with Gasteiger partial charge in [-0.2, -0.15) is 0 Å². The van der Waals surface area contributed by atoms with Crippen molar-refractivity contribution in [2.45, 2.75) is 0 Å². The van der Waals surface area contributed by atoms with Crippen LogP contribution in [0, 0.1) is 0 Å². The van der Waals surface area contributed by atoms with Crippen molar-refractivity contribution >= 4 is 33.4 Å². The number of hydrogen-bond donors (Lipinski definition) is 0. The fourth-order valence-corrected chi connectivity index (χ4v) is 2.58. The Kier molecular flexibility index (Phi) is 3.81. The molecule has 0 saturated carbocycles. The van der Waals surface area contributed by atoms with E-state index >= 15 is 0 Å². The van der Waals surface area contributed by atoms with Crippen molar-refractivity contribution in [1.82, 2.24) is 0 Å². The summed E-state index contributed by atoms with van der Waals surface area (Å²) < 4.78 is 5.52. The second-order valence-corrected chi connectivity index (χ2v) is 5.59. The number of ketones is 1. The summed E-state index contributed by atoms with van der Waals surface area (Å²) in [4.78, 5) is 25.7. The van der Waals surface area contributed by atoms with Crippen molar-refractivity contribution in [3.63, 3.8) is 0 Å². The lowest BCUT2D eigenvalue weighted by Crippen LogP contribution is -2.08. The van der Waals surface area contributed by atoms with E-state index in [2.05, 4.69) is 15.9 Å². The SMILES string of the molecule is COC(=O)c1ccc(Br)c(N2C=C2C(=O)c2ccccc2)c1. The van der Waals surface area contributed by atoms with E-state index in [9.17, 15) is 9.59 Å². The fourth-order valence-electron chi connectivity index (χ4n) is 2.14. The molecule has 2 aromatic rings. The summed E-state index contributed by atoms with van der Waals surface area (Å²) in [5, 5.41) is 0. The van der Waals surface area contributed by atoms with Gasteiger partial charge in [-0.25, -0.2) is 4.79 Å².